The normalized spacial score (nSPS) is 14.8. The fourth-order valence-electron chi connectivity index (χ4n) is 0.751. The number of aromatic nitrogens is 3. The second-order valence-electron chi connectivity index (χ2n) is 2.84. The summed E-state index contributed by atoms with van der Waals surface area (Å²) in [7, 11) is 1.23. The second kappa shape index (κ2) is 4.43. The summed E-state index contributed by atoms with van der Waals surface area (Å²) in [5.74, 6) is -0.501. The number of aromatic amines is 1. The lowest BCUT2D eigenvalue weighted by molar-refractivity contribution is -0.158. The van der Waals surface area contributed by atoms with Gasteiger partial charge in [0.2, 0.25) is 0 Å². The zero-order valence-corrected chi connectivity index (χ0v) is 8.67. The first-order chi connectivity index (χ1) is 6.56. The summed E-state index contributed by atoms with van der Waals surface area (Å²) in [6.45, 7) is 1.39. The number of carbonyl (C=O) groups excluding carboxylic acids is 1. The van der Waals surface area contributed by atoms with Gasteiger partial charge in [0.1, 0.15) is 6.33 Å². The fourth-order valence-corrected chi connectivity index (χ4v) is 1.53. The third-order valence-electron chi connectivity index (χ3n) is 1.51. The van der Waals surface area contributed by atoms with Gasteiger partial charge in [0.05, 0.1) is 7.11 Å². The van der Waals surface area contributed by atoms with Gasteiger partial charge in [-0.15, -0.1) is 0 Å². The molecule has 1 rings (SSSR count). The zero-order valence-electron chi connectivity index (χ0n) is 7.85. The molecule has 1 atom stereocenters. The number of H-pyrrole nitrogens is 1. The molecule has 0 fully saturated rings. The predicted molar refractivity (Wildman–Crippen MR) is 49.7 cm³/mol. The number of esters is 1. The first-order valence-corrected chi connectivity index (χ1v) is 4.84. The summed E-state index contributed by atoms with van der Waals surface area (Å²) < 4.78 is 4.44. The van der Waals surface area contributed by atoms with Crippen LogP contribution in [-0.2, 0) is 9.53 Å². The maximum Gasteiger partial charge on any atom is 0.338 e. The van der Waals surface area contributed by atoms with Crippen LogP contribution in [-0.4, -0.2) is 44.7 Å². The van der Waals surface area contributed by atoms with Gasteiger partial charge < -0.3 is 9.84 Å². The molecule has 78 valence electrons. The molecule has 1 aromatic heterocycles. The quantitative estimate of drug-likeness (QED) is 0.537. The van der Waals surface area contributed by atoms with Crippen LogP contribution in [0.1, 0.15) is 6.92 Å². The van der Waals surface area contributed by atoms with Crippen molar-refractivity contribution in [1.82, 2.24) is 15.2 Å². The van der Waals surface area contributed by atoms with Crippen LogP contribution in [0.2, 0.25) is 0 Å². The molecule has 14 heavy (non-hydrogen) atoms. The van der Waals surface area contributed by atoms with Crippen molar-refractivity contribution in [1.29, 1.82) is 0 Å². The Hall–Kier alpha value is -1.08. The van der Waals surface area contributed by atoms with Gasteiger partial charge in [0, 0.05) is 5.75 Å². The number of rotatable bonds is 4. The Morgan fingerprint density at radius 2 is 2.57 bits per heavy atom. The van der Waals surface area contributed by atoms with Crippen molar-refractivity contribution in [2.75, 3.05) is 12.9 Å². The van der Waals surface area contributed by atoms with Crippen molar-refractivity contribution < 1.29 is 14.6 Å². The third-order valence-corrected chi connectivity index (χ3v) is 2.68. The van der Waals surface area contributed by atoms with Crippen molar-refractivity contribution in [2.24, 2.45) is 0 Å². The number of ether oxygens (including phenoxy) is 1. The van der Waals surface area contributed by atoms with Crippen LogP contribution in [0.5, 0.6) is 0 Å². The van der Waals surface area contributed by atoms with Gasteiger partial charge in [-0.3, -0.25) is 5.10 Å². The van der Waals surface area contributed by atoms with Gasteiger partial charge in [0.15, 0.2) is 10.8 Å². The number of thioether (sulfide) groups is 1. The molecule has 0 spiro atoms. The van der Waals surface area contributed by atoms with Gasteiger partial charge in [-0.25, -0.2) is 9.78 Å². The lowest BCUT2D eigenvalue weighted by atomic mass is 10.1. The Bertz CT molecular complexity index is 299. The highest BCUT2D eigenvalue weighted by Crippen LogP contribution is 2.19. The van der Waals surface area contributed by atoms with Crippen LogP contribution in [0.15, 0.2) is 11.5 Å². The van der Waals surface area contributed by atoms with Crippen LogP contribution >= 0.6 is 11.8 Å². The Kier molecular flexibility index (Phi) is 3.48. The Balaban J connectivity index is 2.48. The van der Waals surface area contributed by atoms with E-state index in [4.69, 9.17) is 0 Å². The van der Waals surface area contributed by atoms with E-state index in [2.05, 4.69) is 19.9 Å². The number of nitrogens with zero attached hydrogens (tertiary/aromatic N) is 2. The minimum absolute atomic E-state index is 0.162. The number of aliphatic hydroxyl groups is 1. The van der Waals surface area contributed by atoms with E-state index >= 15 is 0 Å². The number of nitrogens with one attached hydrogen (secondary N) is 1. The highest BCUT2D eigenvalue weighted by atomic mass is 32.2. The van der Waals surface area contributed by atoms with Crippen molar-refractivity contribution in [3.05, 3.63) is 6.33 Å². The lowest BCUT2D eigenvalue weighted by Crippen LogP contribution is -2.38. The molecule has 0 aliphatic heterocycles. The van der Waals surface area contributed by atoms with Crippen molar-refractivity contribution in [2.45, 2.75) is 17.7 Å². The molecule has 0 bridgehead atoms. The highest BCUT2D eigenvalue weighted by molar-refractivity contribution is 7.99. The van der Waals surface area contributed by atoms with E-state index in [9.17, 15) is 9.90 Å². The van der Waals surface area contributed by atoms with Crippen LogP contribution < -0.4 is 0 Å². The summed E-state index contributed by atoms with van der Waals surface area (Å²) in [4.78, 5) is 14.9. The molecule has 1 unspecified atom stereocenters. The van der Waals surface area contributed by atoms with Crippen molar-refractivity contribution in [3.8, 4) is 0 Å². The SMILES string of the molecule is COC(=O)C(C)(O)CSc1ncn[nH]1. The third kappa shape index (κ3) is 2.71. The molecule has 0 saturated heterocycles. The minimum Gasteiger partial charge on any atom is -0.467 e. The molecular formula is C7H11N3O3S. The summed E-state index contributed by atoms with van der Waals surface area (Å²) in [5, 5.41) is 16.4. The number of methoxy groups -OCH3 is 1. The monoisotopic (exact) mass is 217 g/mol. The van der Waals surface area contributed by atoms with E-state index < -0.39 is 11.6 Å². The maximum atomic E-state index is 11.1. The molecule has 7 heteroatoms. The molecular weight excluding hydrogens is 206 g/mol. The largest absolute Gasteiger partial charge is 0.467 e. The zero-order chi connectivity index (χ0) is 10.6. The van der Waals surface area contributed by atoms with E-state index in [-0.39, 0.29) is 5.75 Å². The number of hydrogen-bond donors (Lipinski definition) is 2. The average Bonchev–Trinajstić information content (AvgIpc) is 2.66. The molecule has 0 aliphatic rings. The number of carbonyl (C=O) groups is 1. The standard InChI is InChI=1S/C7H11N3O3S/c1-7(12,5(11)13-2)3-14-6-8-4-9-10-6/h4,12H,3H2,1-2H3,(H,8,9,10). The van der Waals surface area contributed by atoms with Gasteiger partial charge >= 0.3 is 5.97 Å². The predicted octanol–water partition coefficient (Wildman–Crippen LogP) is -0.179. The molecule has 1 heterocycles. The van der Waals surface area contributed by atoms with Crippen LogP contribution in [0.25, 0.3) is 0 Å². The Morgan fingerprint density at radius 3 is 3.07 bits per heavy atom. The minimum atomic E-state index is -1.51. The van der Waals surface area contributed by atoms with E-state index in [1.165, 1.54) is 32.1 Å². The molecule has 0 aromatic carbocycles. The lowest BCUT2D eigenvalue weighted by Gasteiger charge is -2.18. The first-order valence-electron chi connectivity index (χ1n) is 3.85. The Labute approximate surface area is 85.1 Å². The first kappa shape index (κ1) is 11.0. The number of hydrogen-bond acceptors (Lipinski definition) is 6. The van der Waals surface area contributed by atoms with Gasteiger partial charge in [-0.1, -0.05) is 11.8 Å². The van der Waals surface area contributed by atoms with E-state index in [0.717, 1.165) is 0 Å². The molecule has 1 aromatic rings. The summed E-state index contributed by atoms with van der Waals surface area (Å²) >= 11 is 1.20. The smallest absolute Gasteiger partial charge is 0.338 e. The molecule has 2 N–H and O–H groups in total. The molecule has 6 nitrogen and oxygen atoms in total. The molecule has 0 radical (unpaired) electrons. The van der Waals surface area contributed by atoms with E-state index in [0.29, 0.717) is 5.16 Å². The topological polar surface area (TPSA) is 88.1 Å². The average molecular weight is 217 g/mol. The summed E-state index contributed by atoms with van der Waals surface area (Å²) in [5.41, 5.74) is -1.51. The van der Waals surface area contributed by atoms with Gasteiger partial charge in [0.25, 0.3) is 0 Å². The van der Waals surface area contributed by atoms with Gasteiger partial charge in [-0.05, 0) is 6.92 Å². The van der Waals surface area contributed by atoms with Crippen LogP contribution in [0, 0.1) is 0 Å². The highest BCUT2D eigenvalue weighted by Gasteiger charge is 2.31. The van der Waals surface area contributed by atoms with E-state index in [1.807, 2.05) is 0 Å². The fraction of sp³-hybridized carbons (Fsp3) is 0.571. The molecule has 0 saturated carbocycles. The summed E-state index contributed by atoms with van der Waals surface area (Å²) in [6.07, 6.45) is 1.36. The van der Waals surface area contributed by atoms with Gasteiger partial charge in [-0.2, -0.15) is 5.10 Å². The molecule has 0 aliphatic carbocycles. The van der Waals surface area contributed by atoms with Crippen LogP contribution in [0.4, 0.5) is 0 Å². The Morgan fingerprint density at radius 1 is 1.86 bits per heavy atom. The molecule has 0 amide bonds. The van der Waals surface area contributed by atoms with Crippen molar-refractivity contribution >= 4 is 17.7 Å². The maximum absolute atomic E-state index is 11.1. The van der Waals surface area contributed by atoms with E-state index in [1.54, 1.807) is 0 Å². The second-order valence-corrected chi connectivity index (χ2v) is 3.81. The summed E-state index contributed by atoms with van der Waals surface area (Å²) in [6, 6.07) is 0. The van der Waals surface area contributed by atoms with Crippen molar-refractivity contribution in [3.63, 3.8) is 0 Å². The van der Waals surface area contributed by atoms with Crippen LogP contribution in [0.3, 0.4) is 0 Å².